The molecule has 2 rings (SSSR count). The molecule has 1 amide bonds. The number of thiazole rings is 1. The number of carbonyl (C=O) groups excluding carboxylic acids is 1. The van der Waals surface area contributed by atoms with E-state index in [1.165, 1.54) is 7.11 Å². The Labute approximate surface area is 109 Å². The molecule has 0 bridgehead atoms. The summed E-state index contributed by atoms with van der Waals surface area (Å²) in [7, 11) is 1.33. The smallest absolute Gasteiger partial charge is 0.411 e. The molecule has 5 nitrogen and oxygen atoms in total. The zero-order chi connectivity index (χ0) is 12.8. The molecule has 94 valence electrons. The minimum Gasteiger partial charge on any atom is -0.453 e. The lowest BCUT2D eigenvalue weighted by molar-refractivity contribution is 0.187. The number of aromatic nitrogens is 1. The lowest BCUT2D eigenvalue weighted by Gasteiger charge is -2.06. The molecular formula is C12H13N3O2S. The van der Waals surface area contributed by atoms with Crippen LogP contribution in [0.4, 0.5) is 16.2 Å². The third-order valence-corrected chi connectivity index (χ3v) is 3.02. The highest BCUT2D eigenvalue weighted by atomic mass is 32.1. The summed E-state index contributed by atoms with van der Waals surface area (Å²) in [4.78, 5) is 15.2. The van der Waals surface area contributed by atoms with Crippen LogP contribution in [-0.4, -0.2) is 18.2 Å². The Morgan fingerprint density at radius 2 is 2.06 bits per heavy atom. The highest BCUT2D eigenvalue weighted by molar-refractivity contribution is 7.09. The van der Waals surface area contributed by atoms with Crippen molar-refractivity contribution in [2.75, 3.05) is 17.7 Å². The summed E-state index contributed by atoms with van der Waals surface area (Å²) < 4.78 is 4.51. The maximum absolute atomic E-state index is 11.0. The fourth-order valence-electron chi connectivity index (χ4n) is 1.36. The molecule has 0 aliphatic heterocycles. The van der Waals surface area contributed by atoms with Crippen LogP contribution in [0.5, 0.6) is 0 Å². The number of carbonyl (C=O) groups is 1. The van der Waals surface area contributed by atoms with Gasteiger partial charge in [0, 0.05) is 23.0 Å². The van der Waals surface area contributed by atoms with E-state index in [0.717, 1.165) is 10.7 Å². The molecule has 18 heavy (non-hydrogen) atoms. The van der Waals surface area contributed by atoms with Gasteiger partial charge in [0.15, 0.2) is 0 Å². The number of methoxy groups -OCH3 is 1. The summed E-state index contributed by atoms with van der Waals surface area (Å²) in [5.41, 5.74) is 1.67. The van der Waals surface area contributed by atoms with Crippen LogP contribution in [0.25, 0.3) is 0 Å². The first-order valence-electron chi connectivity index (χ1n) is 5.35. The molecule has 1 aromatic heterocycles. The molecule has 0 saturated heterocycles. The molecule has 1 heterocycles. The van der Waals surface area contributed by atoms with Gasteiger partial charge in [0.25, 0.3) is 0 Å². The molecule has 0 aliphatic rings. The molecule has 0 saturated carbocycles. The van der Waals surface area contributed by atoms with Gasteiger partial charge >= 0.3 is 6.09 Å². The predicted molar refractivity (Wildman–Crippen MR) is 71.9 cm³/mol. The van der Waals surface area contributed by atoms with Crippen molar-refractivity contribution in [2.45, 2.75) is 6.54 Å². The van der Waals surface area contributed by atoms with Crippen molar-refractivity contribution >= 4 is 28.8 Å². The second-order valence-electron chi connectivity index (χ2n) is 3.47. The Morgan fingerprint density at radius 1 is 1.33 bits per heavy atom. The molecule has 0 aliphatic carbocycles. The Kier molecular flexibility index (Phi) is 4.14. The van der Waals surface area contributed by atoms with E-state index < -0.39 is 6.09 Å². The molecular weight excluding hydrogens is 250 g/mol. The van der Waals surface area contributed by atoms with Gasteiger partial charge in [0.2, 0.25) is 0 Å². The molecule has 2 N–H and O–H groups in total. The van der Waals surface area contributed by atoms with Crippen molar-refractivity contribution in [1.29, 1.82) is 0 Å². The number of benzene rings is 1. The van der Waals surface area contributed by atoms with Gasteiger partial charge in [0.05, 0.1) is 13.7 Å². The van der Waals surface area contributed by atoms with E-state index in [2.05, 4.69) is 20.4 Å². The fraction of sp³-hybridized carbons (Fsp3) is 0.167. The number of nitrogens with one attached hydrogen (secondary N) is 2. The average molecular weight is 263 g/mol. The quantitative estimate of drug-likeness (QED) is 0.890. The number of anilines is 2. The van der Waals surface area contributed by atoms with Crippen LogP contribution >= 0.6 is 11.3 Å². The number of nitrogens with zero attached hydrogens (tertiary/aromatic N) is 1. The lowest BCUT2D eigenvalue weighted by atomic mass is 10.3. The Morgan fingerprint density at radius 3 is 2.67 bits per heavy atom. The molecule has 2 aromatic rings. The van der Waals surface area contributed by atoms with Gasteiger partial charge in [-0.05, 0) is 24.3 Å². The number of hydrogen-bond acceptors (Lipinski definition) is 5. The summed E-state index contributed by atoms with van der Waals surface area (Å²) in [5.74, 6) is 0. The monoisotopic (exact) mass is 263 g/mol. The summed E-state index contributed by atoms with van der Waals surface area (Å²) in [6.07, 6.45) is 1.31. The van der Waals surface area contributed by atoms with Crippen LogP contribution < -0.4 is 10.6 Å². The average Bonchev–Trinajstić information content (AvgIpc) is 2.91. The molecule has 6 heteroatoms. The topological polar surface area (TPSA) is 63.2 Å². The Balaban J connectivity index is 1.89. The van der Waals surface area contributed by atoms with E-state index in [4.69, 9.17) is 0 Å². The van der Waals surface area contributed by atoms with Crippen LogP contribution in [0.1, 0.15) is 5.01 Å². The first-order chi connectivity index (χ1) is 8.78. The highest BCUT2D eigenvalue weighted by Gasteiger charge is 2.00. The number of rotatable bonds is 4. The van der Waals surface area contributed by atoms with E-state index in [1.807, 2.05) is 17.5 Å². The second kappa shape index (κ2) is 6.02. The van der Waals surface area contributed by atoms with E-state index in [0.29, 0.717) is 12.2 Å². The van der Waals surface area contributed by atoms with E-state index >= 15 is 0 Å². The standard InChI is InChI=1S/C12H13N3O2S/c1-17-12(16)15-10-4-2-9(3-5-10)14-8-11-13-6-7-18-11/h2-7,14H,8H2,1H3,(H,15,16). The largest absolute Gasteiger partial charge is 0.453 e. The normalized spacial score (nSPS) is 9.83. The van der Waals surface area contributed by atoms with Gasteiger partial charge in [-0.3, -0.25) is 5.32 Å². The van der Waals surface area contributed by atoms with Crippen molar-refractivity contribution in [1.82, 2.24) is 4.98 Å². The molecule has 1 aromatic carbocycles. The van der Waals surface area contributed by atoms with Gasteiger partial charge in [-0.15, -0.1) is 11.3 Å². The number of amides is 1. The molecule has 0 radical (unpaired) electrons. The third-order valence-electron chi connectivity index (χ3n) is 2.24. The van der Waals surface area contributed by atoms with Gasteiger partial charge in [0.1, 0.15) is 5.01 Å². The third kappa shape index (κ3) is 3.46. The van der Waals surface area contributed by atoms with E-state index in [1.54, 1.807) is 29.7 Å². The molecule has 0 spiro atoms. The Hall–Kier alpha value is -2.08. The van der Waals surface area contributed by atoms with Crippen molar-refractivity contribution < 1.29 is 9.53 Å². The van der Waals surface area contributed by atoms with Gasteiger partial charge < -0.3 is 10.1 Å². The predicted octanol–water partition coefficient (Wildman–Crippen LogP) is 2.93. The maximum atomic E-state index is 11.0. The zero-order valence-corrected chi connectivity index (χ0v) is 10.7. The minimum absolute atomic E-state index is 0.474. The first kappa shape index (κ1) is 12.4. The van der Waals surface area contributed by atoms with E-state index in [-0.39, 0.29) is 0 Å². The SMILES string of the molecule is COC(=O)Nc1ccc(NCc2nccs2)cc1. The van der Waals surface area contributed by atoms with Gasteiger partial charge in [-0.25, -0.2) is 9.78 Å². The van der Waals surface area contributed by atoms with E-state index in [9.17, 15) is 4.79 Å². The highest BCUT2D eigenvalue weighted by Crippen LogP contribution is 2.15. The number of ether oxygens (including phenoxy) is 1. The van der Waals surface area contributed by atoms with Crippen LogP contribution in [0, 0.1) is 0 Å². The van der Waals surface area contributed by atoms with Gasteiger partial charge in [-0.1, -0.05) is 0 Å². The minimum atomic E-state index is -0.474. The summed E-state index contributed by atoms with van der Waals surface area (Å²) in [6.45, 7) is 0.696. The summed E-state index contributed by atoms with van der Waals surface area (Å²) >= 11 is 1.61. The number of hydrogen-bond donors (Lipinski definition) is 2. The first-order valence-corrected chi connectivity index (χ1v) is 6.23. The van der Waals surface area contributed by atoms with Crippen LogP contribution in [0.3, 0.4) is 0 Å². The van der Waals surface area contributed by atoms with Crippen LogP contribution in [0.15, 0.2) is 35.8 Å². The van der Waals surface area contributed by atoms with Crippen molar-refractivity contribution in [3.8, 4) is 0 Å². The molecule has 0 fully saturated rings. The lowest BCUT2D eigenvalue weighted by Crippen LogP contribution is -2.10. The van der Waals surface area contributed by atoms with Crippen molar-refractivity contribution in [3.05, 3.63) is 40.8 Å². The van der Waals surface area contributed by atoms with Crippen LogP contribution in [0.2, 0.25) is 0 Å². The summed E-state index contributed by atoms with van der Waals surface area (Å²) in [5, 5.41) is 8.81. The van der Waals surface area contributed by atoms with Crippen molar-refractivity contribution in [2.24, 2.45) is 0 Å². The van der Waals surface area contributed by atoms with Crippen molar-refractivity contribution in [3.63, 3.8) is 0 Å². The molecule has 0 atom stereocenters. The Bertz CT molecular complexity index is 497. The zero-order valence-electron chi connectivity index (χ0n) is 9.84. The fourth-order valence-corrected chi connectivity index (χ4v) is 1.91. The maximum Gasteiger partial charge on any atom is 0.411 e. The summed E-state index contributed by atoms with van der Waals surface area (Å²) in [6, 6.07) is 7.39. The molecule has 0 unspecified atom stereocenters. The van der Waals surface area contributed by atoms with Crippen LogP contribution in [-0.2, 0) is 11.3 Å². The van der Waals surface area contributed by atoms with Gasteiger partial charge in [-0.2, -0.15) is 0 Å². The second-order valence-corrected chi connectivity index (χ2v) is 4.45.